The minimum Gasteiger partial charge on any atom is -0.497 e. The molecule has 0 aliphatic heterocycles. The van der Waals surface area contributed by atoms with Gasteiger partial charge in [0.1, 0.15) is 11.5 Å². The van der Waals surface area contributed by atoms with Gasteiger partial charge in [0.2, 0.25) is 5.95 Å². The van der Waals surface area contributed by atoms with Crippen LogP contribution in [0.25, 0.3) is 0 Å². The van der Waals surface area contributed by atoms with Gasteiger partial charge in [0.05, 0.1) is 19.3 Å². The van der Waals surface area contributed by atoms with Gasteiger partial charge in [-0.2, -0.15) is 0 Å². The van der Waals surface area contributed by atoms with E-state index in [1.165, 1.54) is 12.4 Å². The van der Waals surface area contributed by atoms with Gasteiger partial charge in [0, 0.05) is 29.8 Å². The fraction of sp³-hybridized carbons (Fsp3) is 0.150. The number of nitrogens with zero attached hydrogens (tertiary/aromatic N) is 2. The van der Waals surface area contributed by atoms with Gasteiger partial charge in [-0.25, -0.2) is 9.97 Å². The molecule has 2 N–H and O–H groups in total. The zero-order chi connectivity index (χ0) is 19.1. The van der Waals surface area contributed by atoms with Gasteiger partial charge in [-0.3, -0.25) is 4.79 Å². The van der Waals surface area contributed by atoms with Crippen molar-refractivity contribution in [3.63, 3.8) is 0 Å². The lowest BCUT2D eigenvalue weighted by atomic mass is 10.2. The van der Waals surface area contributed by atoms with Gasteiger partial charge in [0.15, 0.2) is 0 Å². The molecule has 7 nitrogen and oxygen atoms in total. The number of nitrogens with one attached hydrogen (secondary N) is 2. The molecule has 0 unspecified atom stereocenters. The molecule has 0 saturated heterocycles. The molecule has 0 fully saturated rings. The van der Waals surface area contributed by atoms with Gasteiger partial charge in [-0.15, -0.1) is 0 Å². The number of hydrogen-bond donors (Lipinski definition) is 2. The first kappa shape index (κ1) is 18.2. The van der Waals surface area contributed by atoms with Crippen LogP contribution in [-0.4, -0.2) is 29.6 Å². The summed E-state index contributed by atoms with van der Waals surface area (Å²) in [4.78, 5) is 20.7. The van der Waals surface area contributed by atoms with Crippen molar-refractivity contribution in [2.45, 2.75) is 6.92 Å². The minimum atomic E-state index is -0.295. The third-order valence-electron chi connectivity index (χ3n) is 3.66. The summed E-state index contributed by atoms with van der Waals surface area (Å²) >= 11 is 0. The van der Waals surface area contributed by atoms with E-state index in [1.54, 1.807) is 31.4 Å². The van der Waals surface area contributed by atoms with Crippen LogP contribution >= 0.6 is 0 Å². The van der Waals surface area contributed by atoms with Crippen molar-refractivity contribution in [3.8, 4) is 11.5 Å². The molecule has 0 aliphatic carbocycles. The summed E-state index contributed by atoms with van der Waals surface area (Å²) in [6.45, 7) is 2.56. The number of amides is 1. The van der Waals surface area contributed by atoms with Crippen molar-refractivity contribution in [1.29, 1.82) is 0 Å². The maximum atomic E-state index is 12.3. The Bertz CT molecular complexity index is 896. The van der Waals surface area contributed by atoms with E-state index in [1.807, 2.05) is 31.2 Å². The van der Waals surface area contributed by atoms with Crippen LogP contribution in [-0.2, 0) is 0 Å². The SMILES string of the molecule is CCOc1ccc(Nc2ncc(C(=O)Nc3cccc(OC)c3)cn2)cc1. The predicted molar refractivity (Wildman–Crippen MR) is 104 cm³/mol. The quantitative estimate of drug-likeness (QED) is 0.662. The third kappa shape index (κ3) is 4.94. The second-order valence-corrected chi connectivity index (χ2v) is 5.56. The molecule has 7 heteroatoms. The Hall–Kier alpha value is -3.61. The summed E-state index contributed by atoms with van der Waals surface area (Å²) in [5.41, 5.74) is 1.82. The van der Waals surface area contributed by atoms with Crippen LogP contribution in [0, 0.1) is 0 Å². The van der Waals surface area contributed by atoms with Crippen LogP contribution < -0.4 is 20.1 Å². The van der Waals surface area contributed by atoms with Crippen molar-refractivity contribution < 1.29 is 14.3 Å². The summed E-state index contributed by atoms with van der Waals surface area (Å²) in [5.74, 6) is 1.57. The molecule has 1 aromatic heterocycles. The molecule has 0 aliphatic rings. The highest BCUT2D eigenvalue weighted by Crippen LogP contribution is 2.19. The zero-order valence-electron chi connectivity index (χ0n) is 15.1. The Kier molecular flexibility index (Phi) is 5.84. The van der Waals surface area contributed by atoms with Crippen molar-refractivity contribution in [2.24, 2.45) is 0 Å². The fourth-order valence-corrected chi connectivity index (χ4v) is 2.34. The molecular formula is C20H20N4O3. The van der Waals surface area contributed by atoms with Crippen molar-refractivity contribution in [2.75, 3.05) is 24.4 Å². The molecule has 2 aromatic carbocycles. The number of carbonyl (C=O) groups is 1. The van der Waals surface area contributed by atoms with E-state index < -0.39 is 0 Å². The fourth-order valence-electron chi connectivity index (χ4n) is 2.34. The van der Waals surface area contributed by atoms with Gasteiger partial charge < -0.3 is 20.1 Å². The summed E-state index contributed by atoms with van der Waals surface area (Å²) in [6, 6.07) is 14.6. The van der Waals surface area contributed by atoms with E-state index in [0.717, 1.165) is 11.4 Å². The van der Waals surface area contributed by atoms with Gasteiger partial charge >= 0.3 is 0 Å². The molecule has 3 rings (SSSR count). The van der Waals surface area contributed by atoms with Crippen LogP contribution in [0.5, 0.6) is 11.5 Å². The normalized spacial score (nSPS) is 10.1. The topological polar surface area (TPSA) is 85.4 Å². The number of carbonyl (C=O) groups excluding carboxylic acids is 1. The Morgan fingerprint density at radius 2 is 1.74 bits per heavy atom. The number of anilines is 3. The molecule has 0 spiro atoms. The molecule has 3 aromatic rings. The lowest BCUT2D eigenvalue weighted by Crippen LogP contribution is -2.13. The van der Waals surface area contributed by atoms with Gasteiger partial charge in [-0.05, 0) is 43.3 Å². The largest absolute Gasteiger partial charge is 0.497 e. The maximum absolute atomic E-state index is 12.3. The lowest BCUT2D eigenvalue weighted by Gasteiger charge is -2.08. The monoisotopic (exact) mass is 364 g/mol. The van der Waals surface area contributed by atoms with Crippen molar-refractivity contribution in [1.82, 2.24) is 9.97 Å². The molecule has 1 amide bonds. The highest BCUT2D eigenvalue weighted by molar-refractivity contribution is 6.04. The molecule has 1 heterocycles. The number of hydrogen-bond acceptors (Lipinski definition) is 6. The van der Waals surface area contributed by atoms with Crippen LogP contribution in [0.2, 0.25) is 0 Å². The highest BCUT2D eigenvalue weighted by Gasteiger charge is 2.08. The Labute approximate surface area is 157 Å². The van der Waals surface area contributed by atoms with Crippen LogP contribution in [0.15, 0.2) is 60.9 Å². The van der Waals surface area contributed by atoms with E-state index in [-0.39, 0.29) is 5.91 Å². The maximum Gasteiger partial charge on any atom is 0.258 e. The standard InChI is InChI=1S/C20H20N4O3/c1-3-27-17-9-7-15(8-10-17)24-20-21-12-14(13-22-20)19(25)23-16-5-4-6-18(11-16)26-2/h4-13H,3H2,1-2H3,(H,23,25)(H,21,22,24). The second-order valence-electron chi connectivity index (χ2n) is 5.56. The van der Waals surface area contributed by atoms with E-state index >= 15 is 0 Å². The third-order valence-corrected chi connectivity index (χ3v) is 3.66. The molecule has 27 heavy (non-hydrogen) atoms. The van der Waals surface area contributed by atoms with Gasteiger partial charge in [-0.1, -0.05) is 6.07 Å². The highest BCUT2D eigenvalue weighted by atomic mass is 16.5. The number of benzene rings is 2. The number of ether oxygens (including phenoxy) is 2. The smallest absolute Gasteiger partial charge is 0.258 e. The lowest BCUT2D eigenvalue weighted by molar-refractivity contribution is 0.102. The number of aromatic nitrogens is 2. The summed E-state index contributed by atoms with van der Waals surface area (Å²) in [7, 11) is 1.57. The van der Waals surface area contributed by atoms with Crippen LogP contribution in [0.4, 0.5) is 17.3 Å². The Balaban J connectivity index is 1.62. The van der Waals surface area contributed by atoms with E-state index in [0.29, 0.717) is 29.6 Å². The Morgan fingerprint density at radius 3 is 2.41 bits per heavy atom. The summed E-state index contributed by atoms with van der Waals surface area (Å²) in [5, 5.41) is 5.87. The zero-order valence-corrected chi connectivity index (χ0v) is 15.1. The van der Waals surface area contributed by atoms with E-state index in [2.05, 4.69) is 20.6 Å². The molecular weight excluding hydrogens is 344 g/mol. The molecule has 0 saturated carbocycles. The second kappa shape index (κ2) is 8.66. The van der Waals surface area contributed by atoms with Crippen LogP contribution in [0.1, 0.15) is 17.3 Å². The first-order chi connectivity index (χ1) is 13.2. The number of rotatable bonds is 7. The molecule has 0 bridgehead atoms. The summed E-state index contributed by atoms with van der Waals surface area (Å²) in [6.07, 6.45) is 2.94. The van der Waals surface area contributed by atoms with E-state index in [9.17, 15) is 4.79 Å². The predicted octanol–water partition coefficient (Wildman–Crippen LogP) is 3.88. The molecule has 0 radical (unpaired) electrons. The number of methoxy groups -OCH3 is 1. The van der Waals surface area contributed by atoms with Crippen LogP contribution in [0.3, 0.4) is 0 Å². The van der Waals surface area contributed by atoms with Crippen molar-refractivity contribution >= 4 is 23.2 Å². The summed E-state index contributed by atoms with van der Waals surface area (Å²) < 4.78 is 10.5. The molecule has 0 atom stereocenters. The van der Waals surface area contributed by atoms with Crippen molar-refractivity contribution in [3.05, 3.63) is 66.5 Å². The first-order valence-electron chi connectivity index (χ1n) is 8.45. The average molecular weight is 364 g/mol. The first-order valence-corrected chi connectivity index (χ1v) is 8.45. The average Bonchev–Trinajstić information content (AvgIpc) is 2.70. The van der Waals surface area contributed by atoms with Gasteiger partial charge in [0.25, 0.3) is 5.91 Å². The molecule has 138 valence electrons. The minimum absolute atomic E-state index is 0.295. The van der Waals surface area contributed by atoms with E-state index in [4.69, 9.17) is 9.47 Å². The Morgan fingerprint density at radius 1 is 1.00 bits per heavy atom.